The van der Waals surface area contributed by atoms with Crippen LogP contribution >= 0.6 is 0 Å². The zero-order chi connectivity index (χ0) is 11.1. The molecule has 82 valence electrons. The highest BCUT2D eigenvalue weighted by atomic mass is 16.2. The van der Waals surface area contributed by atoms with Crippen LogP contribution in [0.25, 0.3) is 0 Å². The minimum absolute atomic E-state index is 0.124. The summed E-state index contributed by atoms with van der Waals surface area (Å²) in [6.07, 6.45) is 1.23. The molecule has 0 atom stereocenters. The summed E-state index contributed by atoms with van der Waals surface area (Å²) >= 11 is 0. The molecule has 1 amide bonds. The van der Waals surface area contributed by atoms with Gasteiger partial charge in [-0.15, -0.1) is 0 Å². The molecular formula is C11H17N3O. The maximum absolute atomic E-state index is 10.8. The van der Waals surface area contributed by atoms with Crippen LogP contribution < -0.4 is 16.6 Å². The van der Waals surface area contributed by atoms with Gasteiger partial charge >= 0.3 is 0 Å². The van der Waals surface area contributed by atoms with Gasteiger partial charge < -0.3 is 5.32 Å². The number of hydrogen-bond donors (Lipinski definition) is 3. The van der Waals surface area contributed by atoms with Crippen LogP contribution in [0.3, 0.4) is 0 Å². The minimum atomic E-state index is -0.124. The second-order valence-corrected chi connectivity index (χ2v) is 3.46. The van der Waals surface area contributed by atoms with E-state index in [4.69, 9.17) is 5.84 Å². The van der Waals surface area contributed by atoms with Gasteiger partial charge in [-0.25, -0.2) is 5.84 Å². The van der Waals surface area contributed by atoms with Crippen molar-refractivity contribution in [1.82, 2.24) is 5.43 Å². The Hall–Kier alpha value is -1.55. The molecule has 0 bridgehead atoms. The van der Waals surface area contributed by atoms with Crippen LogP contribution in [0.4, 0.5) is 5.69 Å². The second-order valence-electron chi connectivity index (χ2n) is 3.46. The lowest BCUT2D eigenvalue weighted by Gasteiger charge is -2.05. The summed E-state index contributed by atoms with van der Waals surface area (Å²) < 4.78 is 0. The Balaban J connectivity index is 2.20. The van der Waals surface area contributed by atoms with E-state index in [0.717, 1.165) is 18.7 Å². The van der Waals surface area contributed by atoms with Crippen LogP contribution in [0.5, 0.6) is 0 Å². The van der Waals surface area contributed by atoms with Gasteiger partial charge in [0.2, 0.25) is 5.91 Å². The molecular weight excluding hydrogens is 190 g/mol. The molecule has 1 aromatic rings. The number of aryl methyl sites for hydroxylation is 1. The largest absolute Gasteiger partial charge is 0.385 e. The Labute approximate surface area is 89.8 Å². The predicted octanol–water partition coefficient (Wildman–Crippen LogP) is 1.18. The third kappa shape index (κ3) is 4.46. The molecule has 0 aliphatic rings. The van der Waals surface area contributed by atoms with E-state index >= 15 is 0 Å². The van der Waals surface area contributed by atoms with E-state index in [1.807, 2.05) is 12.1 Å². The zero-order valence-electron chi connectivity index (χ0n) is 8.92. The molecule has 0 spiro atoms. The first-order chi connectivity index (χ1) is 7.22. The summed E-state index contributed by atoms with van der Waals surface area (Å²) in [5, 5.41) is 3.23. The normalized spacial score (nSPS) is 9.73. The zero-order valence-corrected chi connectivity index (χ0v) is 8.92. The van der Waals surface area contributed by atoms with Gasteiger partial charge in [-0.05, 0) is 25.5 Å². The highest BCUT2D eigenvalue weighted by molar-refractivity contribution is 5.75. The Kier molecular flexibility index (Phi) is 4.63. The quantitative estimate of drug-likeness (QED) is 0.294. The van der Waals surface area contributed by atoms with E-state index in [1.165, 1.54) is 5.56 Å². The van der Waals surface area contributed by atoms with Crippen molar-refractivity contribution in [2.24, 2.45) is 5.84 Å². The van der Waals surface area contributed by atoms with Crippen LogP contribution in [0.1, 0.15) is 18.4 Å². The summed E-state index contributed by atoms with van der Waals surface area (Å²) in [4.78, 5) is 10.8. The SMILES string of the molecule is Cc1ccc(NCCCC(=O)NN)cc1. The molecule has 0 aliphatic carbocycles. The molecule has 4 heteroatoms. The van der Waals surface area contributed by atoms with Gasteiger partial charge in [-0.3, -0.25) is 10.2 Å². The predicted molar refractivity (Wildman–Crippen MR) is 61.2 cm³/mol. The van der Waals surface area contributed by atoms with Crippen molar-refractivity contribution >= 4 is 11.6 Å². The molecule has 0 saturated heterocycles. The van der Waals surface area contributed by atoms with Crippen molar-refractivity contribution in [2.45, 2.75) is 19.8 Å². The van der Waals surface area contributed by atoms with Crippen LogP contribution in [0.15, 0.2) is 24.3 Å². The number of nitrogens with one attached hydrogen (secondary N) is 2. The smallest absolute Gasteiger partial charge is 0.233 e. The highest BCUT2D eigenvalue weighted by Crippen LogP contribution is 2.08. The van der Waals surface area contributed by atoms with E-state index < -0.39 is 0 Å². The van der Waals surface area contributed by atoms with Crippen molar-refractivity contribution in [1.29, 1.82) is 0 Å². The summed E-state index contributed by atoms with van der Waals surface area (Å²) in [7, 11) is 0. The summed E-state index contributed by atoms with van der Waals surface area (Å²) in [6.45, 7) is 2.83. The Morgan fingerprint density at radius 1 is 1.33 bits per heavy atom. The molecule has 1 rings (SSSR count). The molecule has 0 radical (unpaired) electrons. The van der Waals surface area contributed by atoms with Crippen molar-refractivity contribution < 1.29 is 4.79 Å². The first kappa shape index (κ1) is 11.5. The van der Waals surface area contributed by atoms with Crippen molar-refractivity contribution in [3.05, 3.63) is 29.8 Å². The summed E-state index contributed by atoms with van der Waals surface area (Å²) in [5.41, 5.74) is 4.42. The fourth-order valence-corrected chi connectivity index (χ4v) is 1.23. The molecule has 0 unspecified atom stereocenters. The maximum atomic E-state index is 10.8. The topological polar surface area (TPSA) is 67.2 Å². The maximum Gasteiger partial charge on any atom is 0.233 e. The van der Waals surface area contributed by atoms with Crippen molar-refractivity contribution in [2.75, 3.05) is 11.9 Å². The number of hydrazine groups is 1. The van der Waals surface area contributed by atoms with E-state index in [1.54, 1.807) is 0 Å². The molecule has 0 aromatic heterocycles. The van der Waals surface area contributed by atoms with E-state index in [0.29, 0.717) is 6.42 Å². The average Bonchev–Trinajstić information content (AvgIpc) is 2.26. The van der Waals surface area contributed by atoms with E-state index in [-0.39, 0.29) is 5.91 Å². The Bertz CT molecular complexity index is 308. The lowest BCUT2D eigenvalue weighted by Crippen LogP contribution is -2.30. The number of carbonyl (C=O) groups is 1. The number of amides is 1. The number of carbonyl (C=O) groups excluding carboxylic acids is 1. The first-order valence-electron chi connectivity index (χ1n) is 5.02. The van der Waals surface area contributed by atoms with Gasteiger partial charge in [-0.2, -0.15) is 0 Å². The van der Waals surface area contributed by atoms with Gasteiger partial charge in [-0.1, -0.05) is 17.7 Å². The van der Waals surface area contributed by atoms with Gasteiger partial charge in [0.25, 0.3) is 0 Å². The van der Waals surface area contributed by atoms with Gasteiger partial charge in [0.1, 0.15) is 0 Å². The molecule has 0 saturated carbocycles. The van der Waals surface area contributed by atoms with E-state index in [2.05, 4.69) is 29.8 Å². The summed E-state index contributed by atoms with van der Waals surface area (Å²) in [5.74, 6) is 4.84. The second kappa shape index (κ2) is 6.03. The van der Waals surface area contributed by atoms with Crippen LogP contribution in [-0.2, 0) is 4.79 Å². The first-order valence-corrected chi connectivity index (χ1v) is 5.02. The summed E-state index contributed by atoms with van der Waals surface area (Å²) in [6, 6.07) is 8.15. The Morgan fingerprint density at radius 2 is 2.00 bits per heavy atom. The van der Waals surface area contributed by atoms with Crippen LogP contribution in [-0.4, -0.2) is 12.5 Å². The standard InChI is InChI=1S/C11H17N3O/c1-9-4-6-10(7-5-9)13-8-2-3-11(15)14-12/h4-7,13H,2-3,8,12H2,1H3,(H,14,15). The molecule has 4 N–H and O–H groups in total. The number of rotatable bonds is 5. The fourth-order valence-electron chi connectivity index (χ4n) is 1.23. The number of hydrogen-bond acceptors (Lipinski definition) is 3. The van der Waals surface area contributed by atoms with Crippen LogP contribution in [0.2, 0.25) is 0 Å². The van der Waals surface area contributed by atoms with Gasteiger partial charge in [0.15, 0.2) is 0 Å². The lowest BCUT2D eigenvalue weighted by molar-refractivity contribution is -0.121. The number of benzene rings is 1. The number of nitrogens with two attached hydrogens (primary N) is 1. The van der Waals surface area contributed by atoms with Crippen LogP contribution in [0, 0.1) is 6.92 Å². The molecule has 15 heavy (non-hydrogen) atoms. The van der Waals surface area contributed by atoms with Gasteiger partial charge in [0, 0.05) is 18.7 Å². The van der Waals surface area contributed by atoms with E-state index in [9.17, 15) is 4.79 Å². The Morgan fingerprint density at radius 3 is 2.60 bits per heavy atom. The minimum Gasteiger partial charge on any atom is -0.385 e. The molecule has 0 fully saturated rings. The molecule has 0 aliphatic heterocycles. The van der Waals surface area contributed by atoms with Crippen molar-refractivity contribution in [3.8, 4) is 0 Å². The fraction of sp³-hybridized carbons (Fsp3) is 0.364. The number of anilines is 1. The molecule has 0 heterocycles. The average molecular weight is 207 g/mol. The third-order valence-electron chi connectivity index (χ3n) is 2.12. The lowest BCUT2D eigenvalue weighted by atomic mass is 10.2. The highest BCUT2D eigenvalue weighted by Gasteiger charge is 1.97. The van der Waals surface area contributed by atoms with Crippen molar-refractivity contribution in [3.63, 3.8) is 0 Å². The third-order valence-corrected chi connectivity index (χ3v) is 2.12. The monoisotopic (exact) mass is 207 g/mol. The molecule has 1 aromatic carbocycles. The van der Waals surface area contributed by atoms with Gasteiger partial charge in [0.05, 0.1) is 0 Å². The molecule has 4 nitrogen and oxygen atoms in total.